The Morgan fingerprint density at radius 1 is 1.29 bits per heavy atom. The molecule has 0 aliphatic heterocycles. The number of aromatic nitrogens is 2. The minimum absolute atomic E-state index is 0.0550. The second-order valence-electron chi connectivity index (χ2n) is 5.48. The van der Waals surface area contributed by atoms with Crippen molar-refractivity contribution in [2.45, 2.75) is 13.8 Å². The number of anilines is 2. The molecule has 3 N–H and O–H groups in total. The van der Waals surface area contributed by atoms with Crippen LogP contribution in [0.4, 0.5) is 11.6 Å². The van der Waals surface area contributed by atoms with Gasteiger partial charge in [-0.3, -0.25) is 4.79 Å². The highest BCUT2D eigenvalue weighted by atomic mass is 16.2. The van der Waals surface area contributed by atoms with Crippen LogP contribution >= 0.6 is 0 Å². The van der Waals surface area contributed by atoms with Gasteiger partial charge in [0.05, 0.1) is 17.6 Å². The summed E-state index contributed by atoms with van der Waals surface area (Å²) in [5.74, 6) is 1.21. The second kappa shape index (κ2) is 6.39. The summed E-state index contributed by atoms with van der Waals surface area (Å²) in [6.45, 7) is 4.96. The summed E-state index contributed by atoms with van der Waals surface area (Å²) in [5.41, 5.74) is 7.45. The molecular weight excluding hydrogens is 266 g/mol. The molecular formula is C15H21N5O. The lowest BCUT2D eigenvalue weighted by molar-refractivity contribution is -0.119. The third-order valence-corrected chi connectivity index (χ3v) is 3.03. The molecule has 21 heavy (non-hydrogen) atoms. The molecule has 112 valence electrons. The summed E-state index contributed by atoms with van der Waals surface area (Å²) in [4.78, 5) is 22.4. The molecule has 1 aromatic carbocycles. The Balaban J connectivity index is 2.13. The van der Waals surface area contributed by atoms with Crippen LogP contribution in [0.5, 0.6) is 0 Å². The van der Waals surface area contributed by atoms with E-state index in [1.807, 2.05) is 24.3 Å². The van der Waals surface area contributed by atoms with Crippen LogP contribution in [0.15, 0.2) is 24.3 Å². The first-order valence-corrected chi connectivity index (χ1v) is 6.97. The molecule has 0 atom stereocenters. The molecule has 0 aliphatic carbocycles. The Kier molecular flexibility index (Phi) is 4.57. The molecule has 0 aliphatic rings. The summed E-state index contributed by atoms with van der Waals surface area (Å²) < 4.78 is 0. The molecule has 2 rings (SSSR count). The number of hydrogen-bond donors (Lipinski definition) is 2. The van der Waals surface area contributed by atoms with Gasteiger partial charge < -0.3 is 16.0 Å². The van der Waals surface area contributed by atoms with Crippen molar-refractivity contribution < 1.29 is 4.79 Å². The molecule has 1 heterocycles. The first-order chi connectivity index (χ1) is 9.97. The van der Waals surface area contributed by atoms with E-state index in [1.54, 1.807) is 11.9 Å². The van der Waals surface area contributed by atoms with Crippen molar-refractivity contribution in [2.75, 3.05) is 30.8 Å². The molecule has 1 amide bonds. The van der Waals surface area contributed by atoms with Crippen molar-refractivity contribution in [3.63, 3.8) is 0 Å². The van der Waals surface area contributed by atoms with Crippen molar-refractivity contribution in [2.24, 2.45) is 5.92 Å². The highest BCUT2D eigenvalue weighted by Gasteiger charge is 2.13. The molecule has 1 aromatic heterocycles. The Morgan fingerprint density at radius 3 is 2.52 bits per heavy atom. The minimum atomic E-state index is -0.0550. The zero-order valence-corrected chi connectivity index (χ0v) is 12.6. The third-order valence-electron chi connectivity index (χ3n) is 3.03. The van der Waals surface area contributed by atoms with Gasteiger partial charge in [-0.2, -0.15) is 0 Å². The summed E-state index contributed by atoms with van der Waals surface area (Å²) in [6.07, 6.45) is 0. The Morgan fingerprint density at radius 2 is 1.90 bits per heavy atom. The molecule has 0 fully saturated rings. The van der Waals surface area contributed by atoms with E-state index in [4.69, 9.17) is 5.73 Å². The van der Waals surface area contributed by atoms with E-state index >= 15 is 0 Å². The summed E-state index contributed by atoms with van der Waals surface area (Å²) in [7, 11) is 1.78. The number of nitrogens with zero attached hydrogens (tertiary/aromatic N) is 3. The van der Waals surface area contributed by atoms with E-state index in [0.717, 1.165) is 11.0 Å². The van der Waals surface area contributed by atoms with Crippen LogP contribution in [0, 0.1) is 5.92 Å². The smallest absolute Gasteiger partial charge is 0.239 e. The number of benzene rings is 1. The number of rotatable bonds is 5. The van der Waals surface area contributed by atoms with E-state index in [-0.39, 0.29) is 12.5 Å². The van der Waals surface area contributed by atoms with Crippen LogP contribution < -0.4 is 16.0 Å². The van der Waals surface area contributed by atoms with Gasteiger partial charge in [-0.1, -0.05) is 26.0 Å². The SMILES string of the molecule is CC(C)CNC(=O)CN(C)c1nc2ccccc2nc1N. The zero-order chi connectivity index (χ0) is 15.4. The van der Waals surface area contributed by atoms with Gasteiger partial charge in [0.1, 0.15) is 0 Å². The maximum absolute atomic E-state index is 11.9. The van der Waals surface area contributed by atoms with Gasteiger partial charge in [0.15, 0.2) is 11.6 Å². The monoisotopic (exact) mass is 287 g/mol. The van der Waals surface area contributed by atoms with Crippen molar-refractivity contribution in [1.29, 1.82) is 0 Å². The molecule has 0 unspecified atom stereocenters. The van der Waals surface area contributed by atoms with Gasteiger partial charge in [0.25, 0.3) is 0 Å². The van der Waals surface area contributed by atoms with Gasteiger partial charge in [0, 0.05) is 13.6 Å². The quantitative estimate of drug-likeness (QED) is 0.869. The molecule has 0 bridgehead atoms. The van der Waals surface area contributed by atoms with E-state index in [2.05, 4.69) is 29.1 Å². The van der Waals surface area contributed by atoms with Crippen LogP contribution in [0.1, 0.15) is 13.8 Å². The van der Waals surface area contributed by atoms with Gasteiger partial charge in [-0.25, -0.2) is 9.97 Å². The summed E-state index contributed by atoms with van der Waals surface area (Å²) in [5, 5.41) is 2.87. The number of carbonyl (C=O) groups excluding carboxylic acids is 1. The highest BCUT2D eigenvalue weighted by Crippen LogP contribution is 2.20. The Hall–Kier alpha value is -2.37. The maximum Gasteiger partial charge on any atom is 0.239 e. The van der Waals surface area contributed by atoms with Crippen LogP contribution in [-0.4, -0.2) is 36.0 Å². The van der Waals surface area contributed by atoms with Crippen molar-refractivity contribution in [3.05, 3.63) is 24.3 Å². The number of hydrogen-bond acceptors (Lipinski definition) is 5. The normalized spacial score (nSPS) is 10.9. The fraction of sp³-hybridized carbons (Fsp3) is 0.400. The molecule has 2 aromatic rings. The zero-order valence-electron chi connectivity index (χ0n) is 12.6. The number of amides is 1. The number of carbonyl (C=O) groups is 1. The predicted molar refractivity (Wildman–Crippen MR) is 85.1 cm³/mol. The van der Waals surface area contributed by atoms with Crippen molar-refractivity contribution >= 4 is 28.6 Å². The number of nitrogens with two attached hydrogens (primary N) is 1. The fourth-order valence-electron chi connectivity index (χ4n) is 1.95. The lowest BCUT2D eigenvalue weighted by Crippen LogP contribution is -2.37. The van der Waals surface area contributed by atoms with Crippen LogP contribution in [0.2, 0.25) is 0 Å². The van der Waals surface area contributed by atoms with Crippen molar-refractivity contribution in [1.82, 2.24) is 15.3 Å². The highest BCUT2D eigenvalue weighted by molar-refractivity contribution is 5.84. The maximum atomic E-state index is 11.9. The minimum Gasteiger partial charge on any atom is -0.381 e. The molecule has 0 spiro atoms. The Bertz CT molecular complexity index is 641. The number of para-hydroxylation sites is 2. The number of fused-ring (bicyclic) bond motifs is 1. The predicted octanol–water partition coefficient (Wildman–Crippen LogP) is 1.42. The van der Waals surface area contributed by atoms with Crippen LogP contribution in [0.3, 0.4) is 0 Å². The molecule has 0 saturated heterocycles. The van der Waals surface area contributed by atoms with Gasteiger partial charge >= 0.3 is 0 Å². The average Bonchev–Trinajstić information content (AvgIpc) is 2.44. The largest absolute Gasteiger partial charge is 0.381 e. The standard InChI is InChI=1S/C15H21N5O/c1-10(2)8-17-13(21)9-20(3)15-14(16)18-11-6-4-5-7-12(11)19-15/h4-7,10H,8-9H2,1-3H3,(H2,16,18)(H,17,21). The van der Waals surface area contributed by atoms with Gasteiger partial charge in [0.2, 0.25) is 5.91 Å². The second-order valence-corrected chi connectivity index (χ2v) is 5.48. The third kappa shape index (κ3) is 3.81. The van der Waals surface area contributed by atoms with Gasteiger partial charge in [-0.15, -0.1) is 0 Å². The Labute approximate surface area is 124 Å². The van der Waals surface area contributed by atoms with E-state index in [0.29, 0.717) is 24.1 Å². The summed E-state index contributed by atoms with van der Waals surface area (Å²) >= 11 is 0. The lowest BCUT2D eigenvalue weighted by atomic mass is 10.2. The molecule has 0 saturated carbocycles. The molecule has 6 heteroatoms. The fourth-order valence-corrected chi connectivity index (χ4v) is 1.95. The van der Waals surface area contributed by atoms with Gasteiger partial charge in [-0.05, 0) is 18.1 Å². The number of nitrogen functional groups attached to an aromatic ring is 1. The van der Waals surface area contributed by atoms with Crippen LogP contribution in [0.25, 0.3) is 11.0 Å². The van der Waals surface area contributed by atoms with Crippen LogP contribution in [-0.2, 0) is 4.79 Å². The van der Waals surface area contributed by atoms with E-state index in [9.17, 15) is 4.79 Å². The topological polar surface area (TPSA) is 84.1 Å². The molecule has 0 radical (unpaired) electrons. The van der Waals surface area contributed by atoms with E-state index < -0.39 is 0 Å². The molecule has 6 nitrogen and oxygen atoms in total. The first kappa shape index (κ1) is 15.0. The average molecular weight is 287 g/mol. The van der Waals surface area contributed by atoms with E-state index in [1.165, 1.54) is 0 Å². The van der Waals surface area contributed by atoms with Crippen molar-refractivity contribution in [3.8, 4) is 0 Å². The first-order valence-electron chi connectivity index (χ1n) is 6.97. The number of nitrogens with one attached hydrogen (secondary N) is 1. The lowest BCUT2D eigenvalue weighted by Gasteiger charge is -2.19. The number of likely N-dealkylation sites (N-methyl/N-ethyl adjacent to an activating group) is 1. The summed E-state index contributed by atoms with van der Waals surface area (Å²) in [6, 6.07) is 7.52.